The van der Waals surface area contributed by atoms with Crippen molar-refractivity contribution in [3.63, 3.8) is 0 Å². The molecule has 70 valence electrons. The van der Waals surface area contributed by atoms with Crippen LogP contribution in [-0.4, -0.2) is 22.1 Å². The molecule has 0 aliphatic heterocycles. The lowest BCUT2D eigenvalue weighted by atomic mass is 10.3. The molecule has 1 aromatic heterocycles. The van der Waals surface area contributed by atoms with E-state index in [2.05, 4.69) is 15.5 Å². The predicted octanol–water partition coefficient (Wildman–Crippen LogP) is -0.560. The maximum absolute atomic E-state index is 11.0. The van der Waals surface area contributed by atoms with Crippen LogP contribution in [0, 0.1) is 0 Å². The summed E-state index contributed by atoms with van der Waals surface area (Å²) in [7, 11) is 0. The van der Waals surface area contributed by atoms with Crippen molar-refractivity contribution in [3.8, 4) is 0 Å². The molecular formula is C8H12N4O. The summed E-state index contributed by atoms with van der Waals surface area (Å²) in [6, 6.07) is 3.06. The second-order valence-electron chi connectivity index (χ2n) is 2.72. The van der Waals surface area contributed by atoms with Gasteiger partial charge in [0.15, 0.2) is 0 Å². The molecule has 0 radical (unpaired) electrons. The molecule has 0 bridgehead atoms. The average molecular weight is 180 g/mol. The molecule has 1 heterocycles. The molecule has 0 saturated heterocycles. The molecule has 1 amide bonds. The van der Waals surface area contributed by atoms with E-state index in [1.165, 1.54) is 0 Å². The van der Waals surface area contributed by atoms with Crippen LogP contribution in [0.25, 0.3) is 0 Å². The number of nitrogens with one attached hydrogen (secondary N) is 1. The summed E-state index contributed by atoms with van der Waals surface area (Å²) in [5.41, 5.74) is 6.07. The maximum Gasteiger partial charge on any atom is 0.236 e. The van der Waals surface area contributed by atoms with Gasteiger partial charge in [-0.3, -0.25) is 4.79 Å². The van der Waals surface area contributed by atoms with E-state index < -0.39 is 6.04 Å². The monoisotopic (exact) mass is 180 g/mol. The molecule has 0 aromatic carbocycles. The molecule has 0 unspecified atom stereocenters. The Morgan fingerprint density at radius 2 is 2.54 bits per heavy atom. The SMILES string of the molecule is C[C@H](N)C(=O)NCc1cccnn1. The third-order valence-corrected chi connectivity index (χ3v) is 1.48. The van der Waals surface area contributed by atoms with Crippen molar-refractivity contribution < 1.29 is 4.79 Å². The molecule has 0 fully saturated rings. The zero-order valence-corrected chi connectivity index (χ0v) is 7.40. The van der Waals surface area contributed by atoms with Crippen LogP contribution < -0.4 is 11.1 Å². The van der Waals surface area contributed by atoms with Crippen molar-refractivity contribution in [2.45, 2.75) is 19.5 Å². The lowest BCUT2D eigenvalue weighted by molar-refractivity contribution is -0.122. The van der Waals surface area contributed by atoms with Gasteiger partial charge in [0.1, 0.15) is 0 Å². The minimum atomic E-state index is -0.489. The predicted molar refractivity (Wildman–Crippen MR) is 47.5 cm³/mol. The number of amides is 1. The standard InChI is InChI=1S/C8H12N4O/c1-6(9)8(13)10-5-7-3-2-4-11-12-7/h2-4,6H,5,9H2,1H3,(H,10,13)/t6-/m0/s1. The first kappa shape index (κ1) is 9.60. The Hall–Kier alpha value is -1.49. The normalized spacial score (nSPS) is 12.2. The quantitative estimate of drug-likeness (QED) is 0.653. The van der Waals surface area contributed by atoms with E-state index in [4.69, 9.17) is 5.73 Å². The van der Waals surface area contributed by atoms with Gasteiger partial charge in [0.25, 0.3) is 0 Å². The Kier molecular flexibility index (Phi) is 3.33. The number of carbonyl (C=O) groups is 1. The van der Waals surface area contributed by atoms with Gasteiger partial charge in [0.2, 0.25) is 5.91 Å². The van der Waals surface area contributed by atoms with Crippen LogP contribution in [0.2, 0.25) is 0 Å². The largest absolute Gasteiger partial charge is 0.349 e. The lowest BCUT2D eigenvalue weighted by Crippen LogP contribution is -2.37. The van der Waals surface area contributed by atoms with E-state index >= 15 is 0 Å². The zero-order valence-electron chi connectivity index (χ0n) is 7.40. The molecule has 13 heavy (non-hydrogen) atoms. The summed E-state index contributed by atoms with van der Waals surface area (Å²) >= 11 is 0. The second kappa shape index (κ2) is 4.51. The van der Waals surface area contributed by atoms with Crippen LogP contribution in [0.1, 0.15) is 12.6 Å². The summed E-state index contributed by atoms with van der Waals surface area (Å²) in [6.07, 6.45) is 1.58. The number of nitrogens with two attached hydrogens (primary N) is 1. The second-order valence-corrected chi connectivity index (χ2v) is 2.72. The van der Waals surface area contributed by atoms with E-state index in [-0.39, 0.29) is 5.91 Å². The van der Waals surface area contributed by atoms with Crippen LogP contribution in [0.15, 0.2) is 18.3 Å². The van der Waals surface area contributed by atoms with Crippen molar-refractivity contribution in [1.82, 2.24) is 15.5 Å². The third kappa shape index (κ3) is 3.16. The smallest absolute Gasteiger partial charge is 0.236 e. The maximum atomic E-state index is 11.0. The number of carbonyl (C=O) groups excluding carboxylic acids is 1. The fourth-order valence-electron chi connectivity index (χ4n) is 0.766. The van der Waals surface area contributed by atoms with Gasteiger partial charge >= 0.3 is 0 Å². The molecule has 0 saturated carbocycles. The third-order valence-electron chi connectivity index (χ3n) is 1.48. The number of hydrogen-bond donors (Lipinski definition) is 2. The Bertz CT molecular complexity index is 273. The van der Waals surface area contributed by atoms with Gasteiger partial charge in [-0.15, -0.1) is 0 Å². The van der Waals surface area contributed by atoms with Crippen molar-refractivity contribution in [2.24, 2.45) is 5.73 Å². The van der Waals surface area contributed by atoms with Gasteiger partial charge in [-0.2, -0.15) is 10.2 Å². The van der Waals surface area contributed by atoms with Gasteiger partial charge in [0.05, 0.1) is 18.3 Å². The number of hydrogen-bond acceptors (Lipinski definition) is 4. The van der Waals surface area contributed by atoms with Gasteiger partial charge in [0, 0.05) is 6.20 Å². The van der Waals surface area contributed by atoms with Crippen molar-refractivity contribution in [3.05, 3.63) is 24.0 Å². The van der Waals surface area contributed by atoms with E-state index in [0.29, 0.717) is 6.54 Å². The van der Waals surface area contributed by atoms with Crippen LogP contribution in [-0.2, 0) is 11.3 Å². The Morgan fingerprint density at radius 1 is 1.77 bits per heavy atom. The number of nitrogens with zero attached hydrogens (tertiary/aromatic N) is 2. The molecule has 0 aliphatic carbocycles. The lowest BCUT2D eigenvalue weighted by Gasteiger charge is -2.05. The average Bonchev–Trinajstić information content (AvgIpc) is 2.15. The molecule has 5 heteroatoms. The van der Waals surface area contributed by atoms with Crippen LogP contribution in [0.5, 0.6) is 0 Å². The fraction of sp³-hybridized carbons (Fsp3) is 0.375. The summed E-state index contributed by atoms with van der Waals surface area (Å²) in [6.45, 7) is 2.00. The molecule has 1 rings (SSSR count). The van der Waals surface area contributed by atoms with Crippen LogP contribution in [0.4, 0.5) is 0 Å². The molecule has 0 aliphatic rings. The van der Waals surface area contributed by atoms with Gasteiger partial charge in [-0.05, 0) is 19.1 Å². The first-order valence-electron chi connectivity index (χ1n) is 4.00. The number of aromatic nitrogens is 2. The van der Waals surface area contributed by atoms with Crippen molar-refractivity contribution in [2.75, 3.05) is 0 Å². The molecule has 0 spiro atoms. The van der Waals surface area contributed by atoms with E-state index in [1.54, 1.807) is 25.3 Å². The van der Waals surface area contributed by atoms with Crippen LogP contribution in [0.3, 0.4) is 0 Å². The Labute approximate surface area is 76.4 Å². The van der Waals surface area contributed by atoms with E-state index in [1.807, 2.05) is 0 Å². The highest BCUT2D eigenvalue weighted by Crippen LogP contribution is 1.89. The molecular weight excluding hydrogens is 168 g/mol. The van der Waals surface area contributed by atoms with E-state index in [9.17, 15) is 4.79 Å². The number of rotatable bonds is 3. The molecule has 1 atom stereocenters. The zero-order chi connectivity index (χ0) is 9.68. The summed E-state index contributed by atoms with van der Waals surface area (Å²) < 4.78 is 0. The van der Waals surface area contributed by atoms with Gasteiger partial charge in [-0.1, -0.05) is 0 Å². The Morgan fingerprint density at radius 3 is 3.08 bits per heavy atom. The topological polar surface area (TPSA) is 80.9 Å². The van der Waals surface area contributed by atoms with Crippen molar-refractivity contribution >= 4 is 5.91 Å². The summed E-state index contributed by atoms with van der Waals surface area (Å²) in [4.78, 5) is 11.0. The molecule has 3 N–H and O–H groups in total. The highest BCUT2D eigenvalue weighted by molar-refractivity contribution is 5.80. The molecule has 1 aromatic rings. The summed E-state index contributed by atoms with van der Waals surface area (Å²) in [5, 5.41) is 10.1. The molecule has 5 nitrogen and oxygen atoms in total. The fourth-order valence-corrected chi connectivity index (χ4v) is 0.766. The summed E-state index contributed by atoms with van der Waals surface area (Å²) in [5.74, 6) is -0.189. The van der Waals surface area contributed by atoms with Gasteiger partial charge in [-0.25, -0.2) is 0 Å². The van der Waals surface area contributed by atoms with Crippen molar-refractivity contribution in [1.29, 1.82) is 0 Å². The highest BCUT2D eigenvalue weighted by Gasteiger charge is 2.05. The highest BCUT2D eigenvalue weighted by atomic mass is 16.2. The van der Waals surface area contributed by atoms with Gasteiger partial charge < -0.3 is 11.1 Å². The van der Waals surface area contributed by atoms with E-state index in [0.717, 1.165) is 5.69 Å². The first-order chi connectivity index (χ1) is 6.20. The minimum Gasteiger partial charge on any atom is -0.349 e. The Balaban J connectivity index is 2.40. The minimum absolute atomic E-state index is 0.189. The van der Waals surface area contributed by atoms with Crippen LogP contribution >= 0.6 is 0 Å². The first-order valence-corrected chi connectivity index (χ1v) is 4.00.